The summed E-state index contributed by atoms with van der Waals surface area (Å²) in [6, 6.07) is 7.50. The van der Waals surface area contributed by atoms with Crippen LogP contribution in [0.4, 0.5) is 0 Å². The molecule has 4 heteroatoms. The number of methoxy groups -OCH3 is 1. The van der Waals surface area contributed by atoms with Crippen molar-refractivity contribution in [1.82, 2.24) is 4.74 Å². The van der Waals surface area contributed by atoms with E-state index in [-0.39, 0.29) is 5.63 Å². The quantitative estimate of drug-likeness (QED) is 0.775. The zero-order valence-corrected chi connectivity index (χ0v) is 9.48. The van der Waals surface area contributed by atoms with Crippen LogP contribution in [0.5, 0.6) is 5.75 Å². The second-order valence-corrected chi connectivity index (χ2v) is 3.58. The fraction of sp³-hybridized carbons (Fsp3) is 0.250. The Morgan fingerprint density at radius 1 is 1.25 bits per heavy atom. The van der Waals surface area contributed by atoms with Crippen LogP contribution >= 0.6 is 0 Å². The Kier molecular flexibility index (Phi) is 2.56. The Bertz CT molecular complexity index is 549. The van der Waals surface area contributed by atoms with E-state index in [0.717, 1.165) is 17.0 Å². The lowest BCUT2D eigenvalue weighted by molar-refractivity contribution is 0.288. The highest BCUT2D eigenvalue weighted by Crippen LogP contribution is 2.23. The minimum atomic E-state index is -0.298. The van der Waals surface area contributed by atoms with Gasteiger partial charge in [-0.3, -0.25) is 0 Å². The molecule has 0 saturated carbocycles. The molecule has 16 heavy (non-hydrogen) atoms. The van der Waals surface area contributed by atoms with Gasteiger partial charge in [0.25, 0.3) is 0 Å². The Balaban J connectivity index is 2.54. The van der Waals surface area contributed by atoms with Crippen LogP contribution in [-0.2, 0) is 7.05 Å². The first-order valence-electron chi connectivity index (χ1n) is 4.95. The van der Waals surface area contributed by atoms with Crippen molar-refractivity contribution in [3.63, 3.8) is 0 Å². The molecule has 0 fully saturated rings. The molecule has 2 rings (SSSR count). The molecule has 0 bridgehead atoms. The topological polar surface area (TPSA) is 44.4 Å². The lowest BCUT2D eigenvalue weighted by atomic mass is 10.1. The standard InChI is InChI=1S/C12H13NO3/c1-8-11(13(2)16-12(8)14)9-4-6-10(15-3)7-5-9/h4-7H,1-3H3. The van der Waals surface area contributed by atoms with Crippen molar-refractivity contribution in [2.75, 3.05) is 7.11 Å². The minimum absolute atomic E-state index is 0.298. The van der Waals surface area contributed by atoms with Crippen LogP contribution in [0.2, 0.25) is 0 Å². The molecule has 1 aromatic carbocycles. The first kappa shape index (κ1) is 10.5. The Hall–Kier alpha value is -1.97. The van der Waals surface area contributed by atoms with E-state index in [2.05, 4.69) is 0 Å². The molecule has 4 nitrogen and oxygen atoms in total. The van der Waals surface area contributed by atoms with Gasteiger partial charge in [0.15, 0.2) is 0 Å². The SMILES string of the molecule is COc1ccc(-c2c(C)c(=O)on2C)cc1. The zero-order valence-electron chi connectivity index (χ0n) is 9.48. The van der Waals surface area contributed by atoms with Crippen molar-refractivity contribution in [1.29, 1.82) is 0 Å². The molecule has 0 atom stereocenters. The Morgan fingerprint density at radius 2 is 1.88 bits per heavy atom. The summed E-state index contributed by atoms with van der Waals surface area (Å²) < 4.78 is 11.6. The fourth-order valence-corrected chi connectivity index (χ4v) is 1.72. The molecule has 0 aliphatic carbocycles. The molecule has 1 aromatic heterocycles. The first-order valence-corrected chi connectivity index (χ1v) is 4.95. The Morgan fingerprint density at radius 3 is 2.31 bits per heavy atom. The van der Waals surface area contributed by atoms with E-state index >= 15 is 0 Å². The summed E-state index contributed by atoms with van der Waals surface area (Å²) in [6.07, 6.45) is 0. The highest BCUT2D eigenvalue weighted by molar-refractivity contribution is 5.63. The maximum absolute atomic E-state index is 11.3. The highest BCUT2D eigenvalue weighted by Gasteiger charge is 2.12. The van der Waals surface area contributed by atoms with Crippen molar-refractivity contribution in [2.24, 2.45) is 7.05 Å². The highest BCUT2D eigenvalue weighted by atomic mass is 16.5. The van der Waals surface area contributed by atoms with Crippen molar-refractivity contribution in [3.8, 4) is 17.0 Å². The summed E-state index contributed by atoms with van der Waals surface area (Å²) in [4.78, 5) is 11.3. The first-order chi connectivity index (χ1) is 7.63. The summed E-state index contributed by atoms with van der Waals surface area (Å²) in [5.41, 5.74) is 2.06. The molecule has 84 valence electrons. The predicted octanol–water partition coefficient (Wildman–Crippen LogP) is 1.96. The maximum atomic E-state index is 11.3. The molecule has 0 N–H and O–H groups in total. The average molecular weight is 219 g/mol. The van der Waals surface area contributed by atoms with Crippen molar-refractivity contribution >= 4 is 0 Å². The van der Waals surface area contributed by atoms with E-state index in [1.807, 2.05) is 24.3 Å². The summed E-state index contributed by atoms with van der Waals surface area (Å²) in [7, 11) is 3.34. The van der Waals surface area contributed by atoms with Crippen molar-refractivity contribution in [3.05, 3.63) is 40.2 Å². The van der Waals surface area contributed by atoms with E-state index in [1.165, 1.54) is 4.74 Å². The number of hydrogen-bond acceptors (Lipinski definition) is 3. The van der Waals surface area contributed by atoms with Crippen LogP contribution in [0, 0.1) is 6.92 Å². The molecular formula is C12H13NO3. The largest absolute Gasteiger partial charge is 0.497 e. The van der Waals surface area contributed by atoms with Crippen LogP contribution in [0.15, 0.2) is 33.6 Å². The molecule has 2 aromatic rings. The van der Waals surface area contributed by atoms with Gasteiger partial charge in [-0.05, 0) is 31.2 Å². The molecule has 0 aliphatic rings. The van der Waals surface area contributed by atoms with Gasteiger partial charge in [0, 0.05) is 12.6 Å². The van der Waals surface area contributed by atoms with Crippen molar-refractivity contribution in [2.45, 2.75) is 6.92 Å². The van der Waals surface area contributed by atoms with Crippen LogP contribution in [0.25, 0.3) is 11.3 Å². The molecular weight excluding hydrogens is 206 g/mol. The van der Waals surface area contributed by atoms with Gasteiger partial charge in [0.2, 0.25) is 0 Å². The number of aryl methyl sites for hydroxylation is 1. The third kappa shape index (κ3) is 1.62. The third-order valence-corrected chi connectivity index (χ3v) is 2.56. The monoisotopic (exact) mass is 219 g/mol. The number of aromatic nitrogens is 1. The van der Waals surface area contributed by atoms with E-state index in [1.54, 1.807) is 21.1 Å². The number of hydrogen-bond donors (Lipinski definition) is 0. The lowest BCUT2D eigenvalue weighted by Crippen LogP contribution is -1.95. The van der Waals surface area contributed by atoms with E-state index < -0.39 is 0 Å². The van der Waals surface area contributed by atoms with Gasteiger partial charge >= 0.3 is 5.63 Å². The van der Waals surface area contributed by atoms with Crippen LogP contribution in [0.1, 0.15) is 5.56 Å². The molecule has 1 heterocycles. The molecule has 0 amide bonds. The number of benzene rings is 1. The summed E-state index contributed by atoms with van der Waals surface area (Å²) in [5.74, 6) is 0.787. The lowest BCUT2D eigenvalue weighted by Gasteiger charge is -2.04. The predicted molar refractivity (Wildman–Crippen MR) is 60.7 cm³/mol. The van der Waals surface area contributed by atoms with Gasteiger partial charge in [-0.25, -0.2) is 9.53 Å². The number of rotatable bonds is 2. The van der Waals surface area contributed by atoms with E-state index in [4.69, 9.17) is 9.26 Å². The number of nitrogens with zero attached hydrogens (tertiary/aromatic N) is 1. The normalized spacial score (nSPS) is 10.4. The molecule has 0 saturated heterocycles. The number of ether oxygens (including phenoxy) is 1. The molecule has 0 aliphatic heterocycles. The van der Waals surface area contributed by atoms with Gasteiger partial charge in [-0.15, -0.1) is 0 Å². The van der Waals surface area contributed by atoms with Crippen LogP contribution in [0.3, 0.4) is 0 Å². The van der Waals surface area contributed by atoms with Gasteiger partial charge < -0.3 is 9.26 Å². The second kappa shape index (κ2) is 3.89. The van der Waals surface area contributed by atoms with Crippen LogP contribution < -0.4 is 10.4 Å². The summed E-state index contributed by atoms with van der Waals surface area (Å²) in [5, 5.41) is 0. The van der Waals surface area contributed by atoms with Crippen molar-refractivity contribution < 1.29 is 9.26 Å². The second-order valence-electron chi connectivity index (χ2n) is 3.58. The van der Waals surface area contributed by atoms with Gasteiger partial charge in [-0.1, -0.05) is 0 Å². The van der Waals surface area contributed by atoms with E-state index in [9.17, 15) is 4.79 Å². The fourth-order valence-electron chi connectivity index (χ4n) is 1.72. The third-order valence-electron chi connectivity index (χ3n) is 2.56. The van der Waals surface area contributed by atoms with E-state index in [0.29, 0.717) is 5.56 Å². The maximum Gasteiger partial charge on any atom is 0.361 e. The summed E-state index contributed by atoms with van der Waals surface area (Å²) >= 11 is 0. The van der Waals surface area contributed by atoms with Gasteiger partial charge in [0.05, 0.1) is 18.4 Å². The Labute approximate surface area is 93.0 Å². The molecule has 0 unspecified atom stereocenters. The smallest absolute Gasteiger partial charge is 0.361 e. The molecule has 0 radical (unpaired) electrons. The van der Waals surface area contributed by atoms with Crippen LogP contribution in [-0.4, -0.2) is 11.8 Å². The van der Waals surface area contributed by atoms with Gasteiger partial charge in [0.1, 0.15) is 5.75 Å². The molecule has 0 spiro atoms. The zero-order chi connectivity index (χ0) is 11.7. The summed E-state index contributed by atoms with van der Waals surface area (Å²) in [6.45, 7) is 1.76. The average Bonchev–Trinajstić information content (AvgIpc) is 2.54. The minimum Gasteiger partial charge on any atom is -0.497 e. The van der Waals surface area contributed by atoms with Gasteiger partial charge in [-0.2, -0.15) is 0 Å².